The summed E-state index contributed by atoms with van der Waals surface area (Å²) in [6, 6.07) is 1.32. The van der Waals surface area contributed by atoms with E-state index < -0.39 is 0 Å². The molecule has 0 spiro atoms. The molecule has 1 atom stereocenters. The number of hydrogen-bond donors (Lipinski definition) is 1. The van der Waals surface area contributed by atoms with Crippen molar-refractivity contribution < 1.29 is 0 Å². The monoisotopic (exact) mass is 260 g/mol. The molecule has 1 saturated heterocycles. The molecule has 0 radical (unpaired) electrons. The average molecular weight is 260 g/mol. The van der Waals surface area contributed by atoms with E-state index in [2.05, 4.69) is 22.1 Å². The minimum atomic E-state index is 0.623. The summed E-state index contributed by atoms with van der Waals surface area (Å²) in [5.74, 6) is 1.07. The molecule has 19 heavy (non-hydrogen) atoms. The van der Waals surface area contributed by atoms with Crippen molar-refractivity contribution in [1.82, 2.24) is 15.3 Å². The Hall–Kier alpha value is -1.16. The molecule has 1 N–H and O–H groups in total. The average Bonchev–Trinajstić information content (AvgIpc) is 3.25. The van der Waals surface area contributed by atoms with Crippen molar-refractivity contribution in [3.05, 3.63) is 17.6 Å². The smallest absolute Gasteiger partial charge is 0.147 e. The van der Waals surface area contributed by atoms with Gasteiger partial charge in [0.1, 0.15) is 5.82 Å². The van der Waals surface area contributed by atoms with E-state index in [1.165, 1.54) is 38.6 Å². The van der Waals surface area contributed by atoms with Crippen LogP contribution >= 0.6 is 0 Å². The Morgan fingerprint density at radius 2 is 2.05 bits per heavy atom. The lowest BCUT2D eigenvalue weighted by molar-refractivity contribution is 0.397. The van der Waals surface area contributed by atoms with E-state index in [1.807, 2.05) is 13.1 Å². The van der Waals surface area contributed by atoms with Crippen molar-refractivity contribution in [3.8, 4) is 0 Å². The third kappa shape index (κ3) is 3.06. The second-order valence-corrected chi connectivity index (χ2v) is 5.93. The normalized spacial score (nSPS) is 23.4. The van der Waals surface area contributed by atoms with Crippen LogP contribution in [0, 0.1) is 13.8 Å². The maximum Gasteiger partial charge on any atom is 0.147 e. The van der Waals surface area contributed by atoms with Gasteiger partial charge in [-0.3, -0.25) is 4.98 Å². The van der Waals surface area contributed by atoms with Crippen molar-refractivity contribution in [2.75, 3.05) is 18.0 Å². The predicted molar refractivity (Wildman–Crippen MR) is 77.5 cm³/mol. The van der Waals surface area contributed by atoms with Gasteiger partial charge in [-0.15, -0.1) is 0 Å². The van der Waals surface area contributed by atoms with Gasteiger partial charge in [-0.2, -0.15) is 0 Å². The molecule has 4 heteroatoms. The Kier molecular flexibility index (Phi) is 3.69. The highest BCUT2D eigenvalue weighted by atomic mass is 15.3. The Morgan fingerprint density at radius 3 is 2.68 bits per heavy atom. The molecule has 2 fully saturated rings. The standard InChI is InChI=1S/C15H24N4/c1-11-12(2)18-15(9-17-11)19(14-6-7-14)10-13-5-3-4-8-16-13/h9,13-14,16H,3-8,10H2,1-2H3. The SMILES string of the molecule is Cc1ncc(N(CC2CCCCN2)C2CC2)nc1C. The molecule has 0 bridgehead atoms. The minimum Gasteiger partial charge on any atom is -0.351 e. The van der Waals surface area contributed by atoms with E-state index >= 15 is 0 Å². The lowest BCUT2D eigenvalue weighted by Gasteiger charge is -2.31. The summed E-state index contributed by atoms with van der Waals surface area (Å²) >= 11 is 0. The molecule has 0 amide bonds. The molecular weight excluding hydrogens is 236 g/mol. The quantitative estimate of drug-likeness (QED) is 0.901. The van der Waals surface area contributed by atoms with Gasteiger partial charge in [-0.05, 0) is 46.1 Å². The van der Waals surface area contributed by atoms with Gasteiger partial charge in [-0.1, -0.05) is 6.42 Å². The fourth-order valence-corrected chi connectivity index (χ4v) is 2.80. The third-order valence-electron chi connectivity index (χ3n) is 4.29. The summed E-state index contributed by atoms with van der Waals surface area (Å²) in [6.45, 7) is 6.33. The van der Waals surface area contributed by atoms with Crippen LogP contribution in [0.2, 0.25) is 0 Å². The molecule has 0 aromatic carbocycles. The van der Waals surface area contributed by atoms with E-state index in [1.54, 1.807) is 0 Å². The Balaban J connectivity index is 1.74. The van der Waals surface area contributed by atoms with Crippen molar-refractivity contribution in [1.29, 1.82) is 0 Å². The number of rotatable bonds is 4. The summed E-state index contributed by atoms with van der Waals surface area (Å²) in [4.78, 5) is 11.7. The summed E-state index contributed by atoms with van der Waals surface area (Å²) in [5.41, 5.74) is 2.09. The number of nitrogens with zero attached hydrogens (tertiary/aromatic N) is 3. The van der Waals surface area contributed by atoms with Crippen molar-refractivity contribution >= 4 is 5.82 Å². The van der Waals surface area contributed by atoms with Gasteiger partial charge >= 0.3 is 0 Å². The largest absolute Gasteiger partial charge is 0.351 e. The van der Waals surface area contributed by atoms with Gasteiger partial charge in [0.25, 0.3) is 0 Å². The van der Waals surface area contributed by atoms with Crippen molar-refractivity contribution in [2.24, 2.45) is 0 Å². The van der Waals surface area contributed by atoms with E-state index in [9.17, 15) is 0 Å². The molecule has 3 rings (SSSR count). The first-order chi connectivity index (χ1) is 9.24. The highest BCUT2D eigenvalue weighted by Crippen LogP contribution is 2.31. The highest BCUT2D eigenvalue weighted by Gasteiger charge is 2.32. The maximum absolute atomic E-state index is 4.74. The zero-order valence-electron chi connectivity index (χ0n) is 12.0. The summed E-state index contributed by atoms with van der Waals surface area (Å²) in [5, 5.41) is 3.64. The summed E-state index contributed by atoms with van der Waals surface area (Å²) in [6.07, 6.45) is 8.53. The van der Waals surface area contributed by atoms with Crippen LogP contribution in [-0.4, -0.2) is 35.1 Å². The molecule has 2 heterocycles. The van der Waals surface area contributed by atoms with Crippen LogP contribution in [0.15, 0.2) is 6.20 Å². The molecule has 2 aliphatic rings. The van der Waals surface area contributed by atoms with Crippen LogP contribution in [0.1, 0.15) is 43.5 Å². The van der Waals surface area contributed by atoms with E-state index in [0.29, 0.717) is 12.1 Å². The first-order valence-electron chi connectivity index (χ1n) is 7.54. The van der Waals surface area contributed by atoms with E-state index in [0.717, 1.165) is 23.8 Å². The number of nitrogens with one attached hydrogen (secondary N) is 1. The highest BCUT2D eigenvalue weighted by molar-refractivity contribution is 5.41. The topological polar surface area (TPSA) is 41.1 Å². The van der Waals surface area contributed by atoms with Crippen molar-refractivity contribution in [2.45, 2.75) is 58.0 Å². The number of hydrogen-bond acceptors (Lipinski definition) is 4. The first kappa shape index (κ1) is 12.9. The fraction of sp³-hybridized carbons (Fsp3) is 0.733. The van der Waals surface area contributed by atoms with Gasteiger partial charge in [0.15, 0.2) is 0 Å². The minimum absolute atomic E-state index is 0.623. The number of aryl methyl sites for hydroxylation is 2. The molecule has 4 nitrogen and oxygen atoms in total. The van der Waals surface area contributed by atoms with Crippen molar-refractivity contribution in [3.63, 3.8) is 0 Å². The molecular formula is C15H24N4. The van der Waals surface area contributed by atoms with Gasteiger partial charge in [0.05, 0.1) is 17.6 Å². The molecule has 1 aliphatic heterocycles. The zero-order valence-corrected chi connectivity index (χ0v) is 12.0. The Labute approximate surface area is 115 Å². The van der Waals surface area contributed by atoms with E-state index in [-0.39, 0.29) is 0 Å². The predicted octanol–water partition coefficient (Wildman–Crippen LogP) is 2.20. The van der Waals surface area contributed by atoms with Gasteiger partial charge < -0.3 is 10.2 Å². The second-order valence-electron chi connectivity index (χ2n) is 5.93. The number of piperidine rings is 1. The molecule has 1 aliphatic carbocycles. The Bertz CT molecular complexity index is 436. The number of aromatic nitrogens is 2. The summed E-state index contributed by atoms with van der Waals surface area (Å²) in [7, 11) is 0. The van der Waals surface area contributed by atoms with Crippen LogP contribution < -0.4 is 10.2 Å². The summed E-state index contributed by atoms with van der Waals surface area (Å²) < 4.78 is 0. The molecule has 1 aromatic rings. The Morgan fingerprint density at radius 1 is 1.21 bits per heavy atom. The van der Waals surface area contributed by atoms with Crippen LogP contribution in [0.4, 0.5) is 5.82 Å². The van der Waals surface area contributed by atoms with Crippen LogP contribution in [0.25, 0.3) is 0 Å². The van der Waals surface area contributed by atoms with E-state index in [4.69, 9.17) is 4.98 Å². The maximum atomic E-state index is 4.74. The zero-order chi connectivity index (χ0) is 13.2. The van der Waals surface area contributed by atoms with Gasteiger partial charge in [0.2, 0.25) is 0 Å². The second kappa shape index (κ2) is 5.45. The molecule has 1 aromatic heterocycles. The molecule has 104 valence electrons. The molecule has 1 saturated carbocycles. The van der Waals surface area contributed by atoms with Crippen LogP contribution in [-0.2, 0) is 0 Å². The lowest BCUT2D eigenvalue weighted by Crippen LogP contribution is -2.45. The lowest BCUT2D eigenvalue weighted by atomic mass is 10.0. The number of anilines is 1. The fourth-order valence-electron chi connectivity index (χ4n) is 2.80. The van der Waals surface area contributed by atoms with Crippen LogP contribution in [0.5, 0.6) is 0 Å². The van der Waals surface area contributed by atoms with Gasteiger partial charge in [0, 0.05) is 18.6 Å². The molecule has 1 unspecified atom stereocenters. The third-order valence-corrected chi connectivity index (χ3v) is 4.29. The van der Waals surface area contributed by atoms with Gasteiger partial charge in [-0.25, -0.2) is 4.98 Å². The first-order valence-corrected chi connectivity index (χ1v) is 7.54. The van der Waals surface area contributed by atoms with Crippen LogP contribution in [0.3, 0.4) is 0 Å².